The first-order chi connectivity index (χ1) is 9.43. The maximum absolute atomic E-state index is 12.9. The first-order valence-corrected chi connectivity index (χ1v) is 6.86. The molecule has 1 aliphatic heterocycles. The van der Waals surface area contributed by atoms with Gasteiger partial charge in [0.25, 0.3) is 0 Å². The molecule has 0 aliphatic carbocycles. The van der Waals surface area contributed by atoms with Crippen LogP contribution in [0.2, 0.25) is 0 Å². The number of nitrogens with two attached hydrogens (primary N) is 1. The zero-order valence-electron chi connectivity index (χ0n) is 10.5. The number of rotatable bonds is 3. The summed E-state index contributed by atoms with van der Waals surface area (Å²) in [6.45, 7) is 0.620. The molecule has 0 saturated heterocycles. The van der Waals surface area contributed by atoms with E-state index in [1.54, 1.807) is 12.3 Å². The van der Waals surface area contributed by atoms with Crippen molar-refractivity contribution in [1.82, 2.24) is 5.43 Å². The predicted octanol–water partition coefficient (Wildman–Crippen LogP) is 3.67. The molecule has 0 bridgehead atoms. The van der Waals surface area contributed by atoms with E-state index < -0.39 is 17.8 Å². The van der Waals surface area contributed by atoms with Crippen LogP contribution in [0.3, 0.4) is 0 Å². The van der Waals surface area contributed by atoms with Crippen molar-refractivity contribution < 1.29 is 17.9 Å². The number of nitrogens with one attached hydrogen (secondary N) is 1. The third-order valence-corrected chi connectivity index (χ3v) is 3.82. The monoisotopic (exact) mass is 350 g/mol. The van der Waals surface area contributed by atoms with Crippen LogP contribution in [0.25, 0.3) is 0 Å². The highest BCUT2D eigenvalue weighted by Gasteiger charge is 2.34. The van der Waals surface area contributed by atoms with Crippen molar-refractivity contribution in [2.24, 2.45) is 5.84 Å². The fourth-order valence-corrected chi connectivity index (χ4v) is 2.63. The zero-order chi connectivity index (χ0) is 14.8. The highest BCUT2D eigenvalue weighted by Crippen LogP contribution is 2.37. The minimum absolute atomic E-state index is 0.0124. The van der Waals surface area contributed by atoms with Gasteiger partial charge in [0.2, 0.25) is 0 Å². The second-order valence-corrected chi connectivity index (χ2v) is 5.36. The van der Waals surface area contributed by atoms with Gasteiger partial charge < -0.3 is 4.74 Å². The molecule has 1 aromatic carbocycles. The SMILES string of the molecule is NNC(C1=COCCC1)c1ccc(Br)c(C(F)(F)F)c1. The Labute approximate surface area is 123 Å². The summed E-state index contributed by atoms with van der Waals surface area (Å²) in [6, 6.07) is 3.61. The molecule has 1 aliphatic rings. The van der Waals surface area contributed by atoms with Crippen LogP contribution >= 0.6 is 15.9 Å². The largest absolute Gasteiger partial charge is 0.501 e. The Bertz CT molecular complexity index is 517. The van der Waals surface area contributed by atoms with E-state index in [2.05, 4.69) is 21.4 Å². The standard InChI is InChI=1S/C13H14BrF3N2O/c14-11-4-3-8(6-10(11)13(15,16)17)12(19-18)9-2-1-5-20-7-9/h3-4,6-7,12,19H,1-2,5,18H2. The highest BCUT2D eigenvalue weighted by molar-refractivity contribution is 9.10. The summed E-state index contributed by atoms with van der Waals surface area (Å²) in [5.74, 6) is 5.49. The van der Waals surface area contributed by atoms with Gasteiger partial charge in [0.05, 0.1) is 24.5 Å². The molecule has 3 N–H and O–H groups in total. The van der Waals surface area contributed by atoms with Gasteiger partial charge in [-0.05, 0) is 36.1 Å². The van der Waals surface area contributed by atoms with Crippen molar-refractivity contribution in [1.29, 1.82) is 0 Å². The third kappa shape index (κ3) is 3.34. The Kier molecular flexibility index (Phi) is 4.72. The summed E-state index contributed by atoms with van der Waals surface area (Å²) in [5, 5.41) is 0. The fraction of sp³-hybridized carbons (Fsp3) is 0.385. The topological polar surface area (TPSA) is 47.3 Å². The number of hydrogen-bond donors (Lipinski definition) is 2. The average molecular weight is 351 g/mol. The van der Waals surface area contributed by atoms with Crippen molar-refractivity contribution >= 4 is 15.9 Å². The van der Waals surface area contributed by atoms with E-state index in [4.69, 9.17) is 10.6 Å². The molecule has 1 atom stereocenters. The first kappa shape index (κ1) is 15.3. The molecule has 7 heteroatoms. The number of benzene rings is 1. The maximum Gasteiger partial charge on any atom is 0.417 e. The van der Waals surface area contributed by atoms with Crippen molar-refractivity contribution in [3.05, 3.63) is 45.6 Å². The van der Waals surface area contributed by atoms with Crippen LogP contribution in [0, 0.1) is 0 Å². The number of halogens is 4. The zero-order valence-corrected chi connectivity index (χ0v) is 12.1. The normalized spacial score (nSPS) is 17.4. The van der Waals surface area contributed by atoms with Gasteiger partial charge in [-0.1, -0.05) is 22.0 Å². The molecule has 3 nitrogen and oxygen atoms in total. The van der Waals surface area contributed by atoms with Crippen LogP contribution in [0.1, 0.15) is 30.0 Å². The Morgan fingerprint density at radius 3 is 2.65 bits per heavy atom. The number of alkyl halides is 3. The second-order valence-electron chi connectivity index (χ2n) is 4.50. The van der Waals surface area contributed by atoms with E-state index in [0.29, 0.717) is 12.2 Å². The summed E-state index contributed by atoms with van der Waals surface area (Å²) in [4.78, 5) is 0. The Balaban J connectivity index is 2.38. The molecule has 0 fully saturated rings. The Morgan fingerprint density at radius 2 is 2.10 bits per heavy atom. The molecule has 0 amide bonds. The second kappa shape index (κ2) is 6.15. The molecule has 0 saturated carbocycles. The quantitative estimate of drug-likeness (QED) is 0.645. The van der Waals surface area contributed by atoms with Gasteiger partial charge in [-0.3, -0.25) is 5.84 Å². The lowest BCUT2D eigenvalue weighted by molar-refractivity contribution is -0.138. The van der Waals surface area contributed by atoms with Gasteiger partial charge >= 0.3 is 6.18 Å². The summed E-state index contributed by atoms with van der Waals surface area (Å²) in [5.41, 5.74) is 3.14. The molecule has 110 valence electrons. The van der Waals surface area contributed by atoms with Crippen LogP contribution in [-0.2, 0) is 10.9 Å². The predicted molar refractivity (Wildman–Crippen MR) is 72.5 cm³/mol. The molecule has 1 unspecified atom stereocenters. The van der Waals surface area contributed by atoms with Crippen LogP contribution in [0.5, 0.6) is 0 Å². The Hall–Kier alpha value is -1.05. The van der Waals surface area contributed by atoms with E-state index in [0.717, 1.165) is 24.5 Å². The van der Waals surface area contributed by atoms with Crippen molar-refractivity contribution in [3.63, 3.8) is 0 Å². The van der Waals surface area contributed by atoms with Crippen LogP contribution in [0.4, 0.5) is 13.2 Å². The van der Waals surface area contributed by atoms with Gasteiger partial charge in [0.15, 0.2) is 0 Å². The highest BCUT2D eigenvalue weighted by atomic mass is 79.9. The Morgan fingerprint density at radius 1 is 1.35 bits per heavy atom. The molecular formula is C13H14BrF3N2O. The smallest absolute Gasteiger partial charge is 0.417 e. The molecule has 2 rings (SSSR count). The van der Waals surface area contributed by atoms with E-state index in [9.17, 15) is 13.2 Å². The fourth-order valence-electron chi connectivity index (χ4n) is 2.15. The van der Waals surface area contributed by atoms with Crippen LogP contribution in [0.15, 0.2) is 34.5 Å². The molecule has 0 spiro atoms. The van der Waals surface area contributed by atoms with Crippen molar-refractivity contribution in [2.75, 3.05) is 6.61 Å². The lowest BCUT2D eigenvalue weighted by Crippen LogP contribution is -2.30. The molecule has 0 radical (unpaired) electrons. The first-order valence-electron chi connectivity index (χ1n) is 6.07. The minimum atomic E-state index is -4.41. The van der Waals surface area contributed by atoms with Gasteiger partial charge in [-0.15, -0.1) is 0 Å². The van der Waals surface area contributed by atoms with E-state index in [1.807, 2.05) is 0 Å². The van der Waals surface area contributed by atoms with Crippen LogP contribution in [-0.4, -0.2) is 6.61 Å². The van der Waals surface area contributed by atoms with E-state index in [1.165, 1.54) is 6.07 Å². The summed E-state index contributed by atoms with van der Waals surface area (Å²) < 4.78 is 44.0. The minimum Gasteiger partial charge on any atom is -0.501 e. The van der Waals surface area contributed by atoms with Crippen molar-refractivity contribution in [3.8, 4) is 0 Å². The number of hydrogen-bond acceptors (Lipinski definition) is 3. The van der Waals surface area contributed by atoms with Gasteiger partial charge in [0, 0.05) is 4.47 Å². The summed E-state index contributed by atoms with van der Waals surface area (Å²) in [6.07, 6.45) is -1.27. The van der Waals surface area contributed by atoms with E-state index in [-0.39, 0.29) is 4.47 Å². The van der Waals surface area contributed by atoms with E-state index >= 15 is 0 Å². The molecule has 20 heavy (non-hydrogen) atoms. The molecule has 0 aromatic heterocycles. The van der Waals surface area contributed by atoms with Gasteiger partial charge in [0.1, 0.15) is 0 Å². The maximum atomic E-state index is 12.9. The van der Waals surface area contributed by atoms with Gasteiger partial charge in [-0.2, -0.15) is 13.2 Å². The number of ether oxygens (including phenoxy) is 1. The lowest BCUT2D eigenvalue weighted by Gasteiger charge is -2.24. The van der Waals surface area contributed by atoms with Crippen molar-refractivity contribution in [2.45, 2.75) is 25.1 Å². The lowest BCUT2D eigenvalue weighted by atomic mass is 9.94. The average Bonchev–Trinajstić information content (AvgIpc) is 2.41. The molecule has 1 aromatic rings. The van der Waals surface area contributed by atoms with Gasteiger partial charge in [-0.25, -0.2) is 5.43 Å². The molecular weight excluding hydrogens is 337 g/mol. The third-order valence-electron chi connectivity index (χ3n) is 3.13. The molecule has 1 heterocycles. The summed E-state index contributed by atoms with van der Waals surface area (Å²) >= 11 is 2.92. The number of hydrazine groups is 1. The summed E-state index contributed by atoms with van der Waals surface area (Å²) in [7, 11) is 0. The van der Waals surface area contributed by atoms with Crippen LogP contribution < -0.4 is 11.3 Å².